The first kappa shape index (κ1) is 17.8. The first-order chi connectivity index (χ1) is 11.5. The van der Waals surface area contributed by atoms with Gasteiger partial charge in [-0.3, -0.25) is 0 Å². The van der Waals surface area contributed by atoms with E-state index < -0.39 is 0 Å². The highest BCUT2D eigenvalue weighted by atomic mass is 15.1. The summed E-state index contributed by atoms with van der Waals surface area (Å²) in [7, 11) is 0. The third-order valence-corrected chi connectivity index (χ3v) is 5.40. The molecule has 24 heavy (non-hydrogen) atoms. The van der Waals surface area contributed by atoms with Crippen LogP contribution in [0.15, 0.2) is 24.3 Å². The number of anilines is 1. The molecule has 3 nitrogen and oxygen atoms in total. The summed E-state index contributed by atoms with van der Waals surface area (Å²) in [6.07, 6.45) is 6.38. The first-order valence-corrected chi connectivity index (χ1v) is 9.88. The van der Waals surface area contributed by atoms with Gasteiger partial charge in [-0.1, -0.05) is 39.8 Å². The van der Waals surface area contributed by atoms with Gasteiger partial charge in [0, 0.05) is 42.4 Å². The van der Waals surface area contributed by atoms with Gasteiger partial charge in [0.2, 0.25) is 0 Å². The Labute approximate surface area is 148 Å². The van der Waals surface area contributed by atoms with Gasteiger partial charge in [-0.15, -0.1) is 0 Å². The van der Waals surface area contributed by atoms with Gasteiger partial charge in [0.15, 0.2) is 0 Å². The van der Waals surface area contributed by atoms with Crippen molar-refractivity contribution >= 4 is 5.69 Å². The fraction of sp³-hybridized carbons (Fsp3) is 0.714. The third-order valence-electron chi connectivity index (χ3n) is 5.40. The summed E-state index contributed by atoms with van der Waals surface area (Å²) in [4.78, 5) is 2.57. The summed E-state index contributed by atoms with van der Waals surface area (Å²) in [6, 6.07) is 11.2. The molecule has 1 heterocycles. The van der Waals surface area contributed by atoms with Crippen molar-refractivity contribution in [1.82, 2.24) is 10.6 Å². The molecule has 2 fully saturated rings. The third kappa shape index (κ3) is 4.31. The van der Waals surface area contributed by atoms with E-state index in [1.165, 1.54) is 56.4 Å². The minimum absolute atomic E-state index is 0.262. The summed E-state index contributed by atoms with van der Waals surface area (Å²) in [5.41, 5.74) is 3.12. The van der Waals surface area contributed by atoms with Crippen LogP contribution >= 0.6 is 0 Å². The van der Waals surface area contributed by atoms with Crippen LogP contribution in [0.25, 0.3) is 0 Å². The fourth-order valence-electron chi connectivity index (χ4n) is 4.18. The monoisotopic (exact) mass is 329 g/mol. The van der Waals surface area contributed by atoms with E-state index in [1.54, 1.807) is 0 Å². The lowest BCUT2D eigenvalue weighted by Crippen LogP contribution is -2.35. The standard InChI is InChI=1S/C21H35N3/c1-16(2)22-19-6-5-14-24(15-11-19)20-9-7-18(8-10-20)21(12-13-21)23-17(3)4/h7-10,16-17,19,22-23H,5-6,11-15H2,1-4H3. The molecular formula is C21H35N3. The number of nitrogens with one attached hydrogen (secondary N) is 2. The van der Waals surface area contributed by atoms with Crippen LogP contribution in [0.1, 0.15) is 65.4 Å². The minimum Gasteiger partial charge on any atom is -0.371 e. The Kier molecular flexibility index (Phi) is 5.51. The van der Waals surface area contributed by atoms with Gasteiger partial charge in [0.1, 0.15) is 0 Å². The van der Waals surface area contributed by atoms with E-state index in [0.29, 0.717) is 18.1 Å². The minimum atomic E-state index is 0.262. The Morgan fingerprint density at radius 1 is 0.958 bits per heavy atom. The van der Waals surface area contributed by atoms with E-state index in [0.717, 1.165) is 0 Å². The second kappa shape index (κ2) is 7.45. The Balaban J connectivity index is 1.62. The molecule has 1 aliphatic heterocycles. The van der Waals surface area contributed by atoms with Gasteiger partial charge in [-0.25, -0.2) is 0 Å². The van der Waals surface area contributed by atoms with Crippen LogP contribution in [0.5, 0.6) is 0 Å². The molecule has 0 aromatic heterocycles. The largest absolute Gasteiger partial charge is 0.371 e. The van der Waals surface area contributed by atoms with Crippen LogP contribution in [0.2, 0.25) is 0 Å². The Hall–Kier alpha value is -1.06. The van der Waals surface area contributed by atoms with Gasteiger partial charge < -0.3 is 15.5 Å². The summed E-state index contributed by atoms with van der Waals surface area (Å²) in [5.74, 6) is 0. The predicted octanol–water partition coefficient (Wildman–Crippen LogP) is 4.03. The van der Waals surface area contributed by atoms with Crippen molar-refractivity contribution in [2.24, 2.45) is 0 Å². The van der Waals surface area contributed by atoms with E-state index in [9.17, 15) is 0 Å². The molecule has 1 atom stereocenters. The molecule has 0 amide bonds. The van der Waals surface area contributed by atoms with Crippen LogP contribution < -0.4 is 15.5 Å². The van der Waals surface area contributed by atoms with E-state index in [2.05, 4.69) is 67.5 Å². The van der Waals surface area contributed by atoms with Crippen molar-refractivity contribution in [3.63, 3.8) is 0 Å². The van der Waals surface area contributed by atoms with Crippen molar-refractivity contribution in [2.45, 2.75) is 83.5 Å². The molecule has 1 saturated heterocycles. The highest BCUT2D eigenvalue weighted by Crippen LogP contribution is 2.46. The molecule has 1 unspecified atom stereocenters. The maximum absolute atomic E-state index is 3.76. The van der Waals surface area contributed by atoms with Crippen molar-refractivity contribution < 1.29 is 0 Å². The van der Waals surface area contributed by atoms with Crippen molar-refractivity contribution in [3.8, 4) is 0 Å². The van der Waals surface area contributed by atoms with Crippen LogP contribution in [0, 0.1) is 0 Å². The summed E-state index contributed by atoms with van der Waals surface area (Å²) < 4.78 is 0. The lowest BCUT2D eigenvalue weighted by Gasteiger charge is -2.25. The van der Waals surface area contributed by atoms with E-state index >= 15 is 0 Å². The molecule has 134 valence electrons. The van der Waals surface area contributed by atoms with Crippen molar-refractivity contribution in [1.29, 1.82) is 0 Å². The molecule has 1 aliphatic carbocycles. The van der Waals surface area contributed by atoms with E-state index in [1.807, 2.05) is 0 Å². The van der Waals surface area contributed by atoms with Gasteiger partial charge in [-0.2, -0.15) is 0 Å². The zero-order valence-electron chi connectivity index (χ0n) is 15.9. The molecule has 1 aromatic carbocycles. The van der Waals surface area contributed by atoms with Crippen molar-refractivity contribution in [3.05, 3.63) is 29.8 Å². The predicted molar refractivity (Wildman–Crippen MR) is 104 cm³/mol. The quantitative estimate of drug-likeness (QED) is 0.825. The smallest absolute Gasteiger partial charge is 0.0438 e. The number of hydrogen-bond acceptors (Lipinski definition) is 3. The van der Waals surface area contributed by atoms with Crippen molar-refractivity contribution in [2.75, 3.05) is 18.0 Å². The average Bonchev–Trinajstić information content (AvgIpc) is 3.32. The Morgan fingerprint density at radius 3 is 2.25 bits per heavy atom. The SMILES string of the molecule is CC(C)NC1CCCN(c2ccc(C3(NC(C)C)CC3)cc2)CC1. The molecule has 2 N–H and O–H groups in total. The summed E-state index contributed by atoms with van der Waals surface area (Å²) in [6.45, 7) is 11.3. The molecule has 0 radical (unpaired) electrons. The molecule has 3 rings (SSSR count). The molecular weight excluding hydrogens is 294 g/mol. The highest BCUT2D eigenvalue weighted by molar-refractivity contribution is 5.49. The zero-order valence-corrected chi connectivity index (χ0v) is 15.9. The number of benzene rings is 1. The lowest BCUT2D eigenvalue weighted by molar-refractivity contribution is 0.430. The molecule has 0 spiro atoms. The van der Waals surface area contributed by atoms with Crippen LogP contribution in [0.3, 0.4) is 0 Å². The maximum Gasteiger partial charge on any atom is 0.0438 e. The fourth-order valence-corrected chi connectivity index (χ4v) is 4.18. The highest BCUT2D eigenvalue weighted by Gasteiger charge is 2.44. The average molecular weight is 330 g/mol. The summed E-state index contributed by atoms with van der Waals surface area (Å²) >= 11 is 0. The Bertz CT molecular complexity index is 516. The van der Waals surface area contributed by atoms with E-state index in [-0.39, 0.29) is 5.54 Å². The molecule has 3 heteroatoms. The first-order valence-electron chi connectivity index (χ1n) is 9.88. The molecule has 0 bridgehead atoms. The normalized spacial score (nSPS) is 23.6. The lowest BCUT2D eigenvalue weighted by atomic mass is 10.0. The van der Waals surface area contributed by atoms with Gasteiger partial charge in [-0.05, 0) is 49.8 Å². The topological polar surface area (TPSA) is 27.3 Å². The van der Waals surface area contributed by atoms with Crippen LogP contribution in [-0.2, 0) is 5.54 Å². The second-order valence-corrected chi connectivity index (χ2v) is 8.36. The van der Waals surface area contributed by atoms with Gasteiger partial charge in [0.05, 0.1) is 0 Å². The van der Waals surface area contributed by atoms with Crippen LogP contribution in [0.4, 0.5) is 5.69 Å². The van der Waals surface area contributed by atoms with Gasteiger partial charge >= 0.3 is 0 Å². The maximum atomic E-state index is 3.76. The molecule has 2 aliphatic rings. The number of nitrogens with zero attached hydrogens (tertiary/aromatic N) is 1. The number of hydrogen-bond donors (Lipinski definition) is 2. The Morgan fingerprint density at radius 2 is 1.67 bits per heavy atom. The number of rotatable bonds is 6. The zero-order chi connectivity index (χ0) is 17.2. The molecule has 1 saturated carbocycles. The van der Waals surface area contributed by atoms with Gasteiger partial charge in [0.25, 0.3) is 0 Å². The molecule has 1 aromatic rings. The van der Waals surface area contributed by atoms with Crippen LogP contribution in [-0.4, -0.2) is 31.2 Å². The summed E-state index contributed by atoms with van der Waals surface area (Å²) in [5, 5.41) is 7.47. The second-order valence-electron chi connectivity index (χ2n) is 8.36. The van der Waals surface area contributed by atoms with E-state index in [4.69, 9.17) is 0 Å².